The summed E-state index contributed by atoms with van der Waals surface area (Å²) in [7, 11) is -3.24. The Morgan fingerprint density at radius 1 is 1.00 bits per heavy atom. The third-order valence-corrected chi connectivity index (χ3v) is 6.80. The number of carbonyl (C=O) groups is 1. The minimum absolute atomic E-state index is 0.0488. The SMILES string of the molecule is CCS(=O)(=O)c1ccc(NC(=O)/C=C/c2ccc(-c3ccccc3)s2)cc1. The number of thiophene rings is 1. The number of hydrogen-bond donors (Lipinski definition) is 1. The molecule has 0 aliphatic heterocycles. The number of rotatable bonds is 6. The van der Waals surface area contributed by atoms with Crippen molar-refractivity contribution in [3.8, 4) is 10.4 Å². The van der Waals surface area contributed by atoms with Crippen LogP contribution in [0.3, 0.4) is 0 Å². The van der Waals surface area contributed by atoms with Crippen molar-refractivity contribution in [2.24, 2.45) is 0 Å². The van der Waals surface area contributed by atoms with Crippen LogP contribution in [0.5, 0.6) is 0 Å². The second-order valence-corrected chi connectivity index (χ2v) is 9.21. The first-order valence-electron chi connectivity index (χ1n) is 8.45. The molecule has 0 fully saturated rings. The summed E-state index contributed by atoms with van der Waals surface area (Å²) in [5, 5.41) is 2.73. The van der Waals surface area contributed by atoms with Crippen LogP contribution < -0.4 is 5.32 Å². The Morgan fingerprint density at radius 2 is 1.70 bits per heavy atom. The molecule has 0 aliphatic carbocycles. The molecule has 4 nitrogen and oxygen atoms in total. The van der Waals surface area contributed by atoms with Crippen LogP contribution in [-0.4, -0.2) is 20.1 Å². The van der Waals surface area contributed by atoms with Crippen molar-refractivity contribution in [1.82, 2.24) is 0 Å². The molecule has 1 aromatic heterocycles. The Kier molecular flexibility index (Phi) is 5.88. The van der Waals surface area contributed by atoms with E-state index in [1.165, 1.54) is 18.2 Å². The molecule has 6 heteroatoms. The maximum absolute atomic E-state index is 12.1. The first kappa shape index (κ1) is 19.1. The molecule has 27 heavy (non-hydrogen) atoms. The van der Waals surface area contributed by atoms with Crippen molar-refractivity contribution in [3.63, 3.8) is 0 Å². The van der Waals surface area contributed by atoms with Gasteiger partial charge in [-0.05, 0) is 48.0 Å². The summed E-state index contributed by atoms with van der Waals surface area (Å²) in [5.41, 5.74) is 1.70. The maximum atomic E-state index is 12.1. The van der Waals surface area contributed by atoms with Crippen molar-refractivity contribution in [2.75, 3.05) is 11.1 Å². The van der Waals surface area contributed by atoms with E-state index in [-0.39, 0.29) is 16.6 Å². The maximum Gasteiger partial charge on any atom is 0.248 e. The van der Waals surface area contributed by atoms with E-state index < -0.39 is 9.84 Å². The molecular formula is C21H19NO3S2. The van der Waals surface area contributed by atoms with Gasteiger partial charge >= 0.3 is 0 Å². The predicted octanol–water partition coefficient (Wildman–Crippen LogP) is 4.86. The summed E-state index contributed by atoms with van der Waals surface area (Å²) < 4.78 is 23.6. The van der Waals surface area contributed by atoms with Gasteiger partial charge in [-0.2, -0.15) is 0 Å². The molecule has 0 saturated carbocycles. The molecule has 3 aromatic rings. The Balaban J connectivity index is 1.63. The smallest absolute Gasteiger partial charge is 0.248 e. The molecule has 0 atom stereocenters. The molecule has 138 valence electrons. The molecule has 2 aromatic carbocycles. The lowest BCUT2D eigenvalue weighted by Gasteiger charge is -2.04. The lowest BCUT2D eigenvalue weighted by molar-refractivity contribution is -0.111. The molecule has 0 spiro atoms. The fourth-order valence-electron chi connectivity index (χ4n) is 2.45. The monoisotopic (exact) mass is 397 g/mol. The van der Waals surface area contributed by atoms with Crippen LogP contribution in [0.15, 0.2) is 77.7 Å². The minimum atomic E-state index is -3.24. The predicted molar refractivity (Wildman–Crippen MR) is 112 cm³/mol. The summed E-state index contributed by atoms with van der Waals surface area (Å²) in [4.78, 5) is 14.5. The van der Waals surface area contributed by atoms with E-state index in [4.69, 9.17) is 0 Å². The number of nitrogens with one attached hydrogen (secondary N) is 1. The van der Waals surface area contributed by atoms with Gasteiger partial charge in [-0.3, -0.25) is 4.79 Å². The van der Waals surface area contributed by atoms with Crippen molar-refractivity contribution in [3.05, 3.63) is 77.7 Å². The summed E-state index contributed by atoms with van der Waals surface area (Å²) in [6.07, 6.45) is 3.24. The number of amides is 1. The summed E-state index contributed by atoms with van der Waals surface area (Å²) >= 11 is 1.61. The highest BCUT2D eigenvalue weighted by Gasteiger charge is 2.11. The molecule has 0 bridgehead atoms. The van der Waals surface area contributed by atoms with Crippen LogP contribution in [0.25, 0.3) is 16.5 Å². The quantitative estimate of drug-likeness (QED) is 0.604. The van der Waals surface area contributed by atoms with Crippen molar-refractivity contribution < 1.29 is 13.2 Å². The average molecular weight is 398 g/mol. The lowest BCUT2D eigenvalue weighted by Crippen LogP contribution is -2.08. The van der Waals surface area contributed by atoms with E-state index in [0.717, 1.165) is 15.3 Å². The molecule has 0 aliphatic rings. The van der Waals surface area contributed by atoms with Crippen LogP contribution in [0.2, 0.25) is 0 Å². The fraction of sp³-hybridized carbons (Fsp3) is 0.0952. The van der Waals surface area contributed by atoms with E-state index in [9.17, 15) is 13.2 Å². The summed E-state index contributed by atoms with van der Waals surface area (Å²) in [6.45, 7) is 1.60. The van der Waals surface area contributed by atoms with E-state index in [2.05, 4.69) is 17.4 Å². The van der Waals surface area contributed by atoms with E-state index >= 15 is 0 Å². The first-order chi connectivity index (χ1) is 13.0. The molecule has 0 unspecified atom stereocenters. The highest BCUT2D eigenvalue weighted by atomic mass is 32.2. The van der Waals surface area contributed by atoms with Crippen LogP contribution in [-0.2, 0) is 14.6 Å². The molecule has 3 rings (SSSR count). The summed E-state index contributed by atoms with van der Waals surface area (Å²) in [6, 6.07) is 20.3. The topological polar surface area (TPSA) is 63.2 Å². The number of benzene rings is 2. The van der Waals surface area contributed by atoms with Crippen molar-refractivity contribution >= 4 is 38.8 Å². The number of hydrogen-bond acceptors (Lipinski definition) is 4. The fourth-order valence-corrected chi connectivity index (χ4v) is 4.25. The van der Waals surface area contributed by atoms with Gasteiger partial charge in [0.2, 0.25) is 5.91 Å². The highest BCUT2D eigenvalue weighted by Crippen LogP contribution is 2.28. The van der Waals surface area contributed by atoms with Gasteiger partial charge in [-0.15, -0.1) is 11.3 Å². The minimum Gasteiger partial charge on any atom is -0.323 e. The van der Waals surface area contributed by atoms with Gasteiger partial charge in [0.1, 0.15) is 0 Å². The zero-order valence-corrected chi connectivity index (χ0v) is 16.4. The lowest BCUT2D eigenvalue weighted by atomic mass is 10.2. The Hall–Kier alpha value is -2.70. The van der Waals surface area contributed by atoms with Gasteiger partial charge in [-0.25, -0.2) is 8.42 Å². The zero-order chi connectivity index (χ0) is 19.3. The third kappa shape index (κ3) is 4.93. The second kappa shape index (κ2) is 8.33. The van der Waals surface area contributed by atoms with Crippen LogP contribution >= 0.6 is 11.3 Å². The van der Waals surface area contributed by atoms with Gasteiger partial charge < -0.3 is 5.32 Å². The van der Waals surface area contributed by atoms with E-state index in [1.54, 1.807) is 36.5 Å². The van der Waals surface area contributed by atoms with E-state index in [0.29, 0.717) is 5.69 Å². The Morgan fingerprint density at radius 3 is 2.37 bits per heavy atom. The van der Waals surface area contributed by atoms with E-state index in [1.807, 2.05) is 30.3 Å². The van der Waals surface area contributed by atoms with Gasteiger partial charge in [0, 0.05) is 21.5 Å². The average Bonchev–Trinajstić information content (AvgIpc) is 3.17. The standard InChI is InChI=1S/C21H19NO3S2/c1-2-27(24,25)19-12-8-17(9-13-19)22-21(23)15-11-18-10-14-20(26-18)16-6-4-3-5-7-16/h3-15H,2H2,1H3,(H,22,23)/b15-11+. The second-order valence-electron chi connectivity index (χ2n) is 5.82. The Labute approximate surface area is 163 Å². The van der Waals surface area contributed by atoms with Gasteiger partial charge in [-0.1, -0.05) is 37.3 Å². The number of carbonyl (C=O) groups excluding carboxylic acids is 1. The normalized spacial score (nSPS) is 11.6. The van der Waals surface area contributed by atoms with Crippen molar-refractivity contribution in [2.45, 2.75) is 11.8 Å². The van der Waals surface area contributed by atoms with Gasteiger partial charge in [0.05, 0.1) is 10.6 Å². The highest BCUT2D eigenvalue weighted by molar-refractivity contribution is 7.91. The third-order valence-electron chi connectivity index (χ3n) is 3.95. The first-order valence-corrected chi connectivity index (χ1v) is 10.9. The van der Waals surface area contributed by atoms with Crippen LogP contribution in [0.4, 0.5) is 5.69 Å². The zero-order valence-electron chi connectivity index (χ0n) is 14.8. The van der Waals surface area contributed by atoms with Gasteiger partial charge in [0.15, 0.2) is 9.84 Å². The van der Waals surface area contributed by atoms with Crippen molar-refractivity contribution in [1.29, 1.82) is 0 Å². The molecular weight excluding hydrogens is 378 g/mol. The molecule has 1 N–H and O–H groups in total. The van der Waals surface area contributed by atoms with Gasteiger partial charge in [0.25, 0.3) is 0 Å². The molecule has 0 saturated heterocycles. The number of anilines is 1. The largest absolute Gasteiger partial charge is 0.323 e. The molecule has 1 heterocycles. The summed E-state index contributed by atoms with van der Waals surface area (Å²) in [5.74, 6) is -0.219. The van der Waals surface area contributed by atoms with Crippen LogP contribution in [0, 0.1) is 0 Å². The van der Waals surface area contributed by atoms with Crippen LogP contribution in [0.1, 0.15) is 11.8 Å². The number of sulfone groups is 1. The molecule has 0 radical (unpaired) electrons. The molecule has 1 amide bonds. The Bertz CT molecular complexity index is 1050.